The first kappa shape index (κ1) is 14.2. The molecule has 1 aliphatic heterocycles. The third-order valence-electron chi connectivity index (χ3n) is 3.22. The van der Waals surface area contributed by atoms with Crippen LogP contribution in [0.3, 0.4) is 0 Å². The summed E-state index contributed by atoms with van der Waals surface area (Å²) in [5, 5.41) is 0.541. The Morgan fingerprint density at radius 2 is 1.70 bits per heavy atom. The van der Waals surface area contributed by atoms with Crippen molar-refractivity contribution in [3.05, 3.63) is 35.4 Å². The van der Waals surface area contributed by atoms with Crippen LogP contribution in [-0.2, 0) is 9.63 Å². The molecule has 20 heavy (non-hydrogen) atoms. The van der Waals surface area contributed by atoms with Crippen LogP contribution >= 0.6 is 0 Å². The quantitative estimate of drug-likeness (QED) is 0.770. The van der Waals surface area contributed by atoms with Crippen molar-refractivity contribution in [3.63, 3.8) is 0 Å². The Labute approximate surface area is 116 Å². The summed E-state index contributed by atoms with van der Waals surface area (Å²) < 4.78 is 0. The van der Waals surface area contributed by atoms with Gasteiger partial charge in [0, 0.05) is 0 Å². The average Bonchev–Trinajstić information content (AvgIpc) is 2.65. The number of fused-ring (bicyclic) bond motifs is 1. The van der Waals surface area contributed by atoms with Gasteiger partial charge in [0.15, 0.2) is 0 Å². The fraction of sp³-hybridized carbons (Fsp3) is 0.357. The minimum absolute atomic E-state index is 0.253. The molecule has 0 N–H and O–H groups in total. The van der Waals surface area contributed by atoms with Crippen LogP contribution in [0, 0.1) is 0 Å². The number of hydroxylamine groups is 2. The van der Waals surface area contributed by atoms with E-state index in [-0.39, 0.29) is 11.1 Å². The van der Waals surface area contributed by atoms with E-state index in [0.29, 0.717) is 11.5 Å². The zero-order valence-electron chi connectivity index (χ0n) is 11.6. The van der Waals surface area contributed by atoms with Gasteiger partial charge in [0.25, 0.3) is 11.8 Å². The fourth-order valence-corrected chi connectivity index (χ4v) is 2.14. The van der Waals surface area contributed by atoms with Crippen LogP contribution in [0.25, 0.3) is 0 Å². The molecule has 1 heterocycles. The SMILES string of the molecule is CC[C@H](C(=O)ON1C(=O)c2ccccc2C1=O)N(C)C. The van der Waals surface area contributed by atoms with E-state index in [1.165, 1.54) is 12.1 Å². The van der Waals surface area contributed by atoms with Crippen molar-refractivity contribution in [1.29, 1.82) is 0 Å². The van der Waals surface area contributed by atoms with Crippen molar-refractivity contribution in [2.45, 2.75) is 19.4 Å². The van der Waals surface area contributed by atoms with E-state index in [1.54, 1.807) is 31.1 Å². The molecule has 1 aliphatic rings. The molecule has 0 saturated carbocycles. The lowest BCUT2D eigenvalue weighted by molar-refractivity contribution is -0.174. The Kier molecular flexibility index (Phi) is 3.85. The number of rotatable bonds is 4. The third kappa shape index (κ3) is 2.30. The van der Waals surface area contributed by atoms with Crippen LogP contribution in [0.15, 0.2) is 24.3 Å². The summed E-state index contributed by atoms with van der Waals surface area (Å²) >= 11 is 0. The van der Waals surface area contributed by atoms with Crippen molar-refractivity contribution in [1.82, 2.24) is 9.96 Å². The van der Waals surface area contributed by atoms with Gasteiger partial charge in [0.1, 0.15) is 6.04 Å². The van der Waals surface area contributed by atoms with Gasteiger partial charge in [-0.2, -0.15) is 0 Å². The van der Waals surface area contributed by atoms with E-state index < -0.39 is 23.8 Å². The molecule has 0 aromatic heterocycles. The standard InChI is InChI=1S/C14H16N2O4/c1-4-11(15(2)3)14(19)20-16-12(17)9-7-5-6-8-10(9)13(16)18/h5-8,11H,4H2,1-3H3/t11-/m1/s1. The van der Waals surface area contributed by atoms with Gasteiger partial charge in [-0.1, -0.05) is 24.1 Å². The molecular weight excluding hydrogens is 260 g/mol. The van der Waals surface area contributed by atoms with Crippen LogP contribution in [0.4, 0.5) is 0 Å². The first-order valence-electron chi connectivity index (χ1n) is 6.33. The zero-order valence-corrected chi connectivity index (χ0v) is 11.6. The monoisotopic (exact) mass is 276 g/mol. The third-order valence-corrected chi connectivity index (χ3v) is 3.22. The molecule has 106 valence electrons. The first-order chi connectivity index (χ1) is 9.47. The van der Waals surface area contributed by atoms with Crippen molar-refractivity contribution in [3.8, 4) is 0 Å². The molecule has 1 aromatic carbocycles. The number of hydrogen-bond donors (Lipinski definition) is 0. The maximum atomic E-state index is 12.0. The molecule has 2 rings (SSSR count). The predicted molar refractivity (Wildman–Crippen MR) is 70.8 cm³/mol. The van der Waals surface area contributed by atoms with Gasteiger partial charge < -0.3 is 4.84 Å². The molecule has 0 saturated heterocycles. The van der Waals surface area contributed by atoms with Crippen molar-refractivity contribution in [2.24, 2.45) is 0 Å². The van der Waals surface area contributed by atoms with Gasteiger partial charge in [0.05, 0.1) is 11.1 Å². The largest absolute Gasteiger partial charge is 0.350 e. The zero-order chi connectivity index (χ0) is 14.9. The molecule has 1 atom stereocenters. The van der Waals surface area contributed by atoms with Crippen molar-refractivity contribution in [2.75, 3.05) is 14.1 Å². The number of nitrogens with zero attached hydrogens (tertiary/aromatic N) is 2. The van der Waals surface area contributed by atoms with Crippen LogP contribution < -0.4 is 0 Å². The number of likely N-dealkylation sites (N-methyl/N-ethyl adjacent to an activating group) is 1. The molecule has 0 spiro atoms. The normalized spacial score (nSPS) is 15.5. The number of carbonyl (C=O) groups is 3. The van der Waals surface area contributed by atoms with Gasteiger partial charge in [-0.3, -0.25) is 14.5 Å². The minimum Gasteiger partial charge on any atom is -0.328 e. The van der Waals surface area contributed by atoms with Crippen LogP contribution in [-0.4, -0.2) is 47.9 Å². The molecular formula is C14H16N2O4. The number of carbonyl (C=O) groups excluding carboxylic acids is 3. The van der Waals surface area contributed by atoms with E-state index in [9.17, 15) is 14.4 Å². The molecule has 0 fully saturated rings. The summed E-state index contributed by atoms with van der Waals surface area (Å²) in [6.45, 7) is 1.83. The van der Waals surface area contributed by atoms with Crippen LogP contribution in [0.1, 0.15) is 34.1 Å². The highest BCUT2D eigenvalue weighted by molar-refractivity contribution is 6.20. The van der Waals surface area contributed by atoms with Gasteiger partial charge in [-0.15, -0.1) is 0 Å². The van der Waals surface area contributed by atoms with Gasteiger partial charge in [-0.25, -0.2) is 4.79 Å². The van der Waals surface area contributed by atoms with E-state index in [0.717, 1.165) is 0 Å². The van der Waals surface area contributed by atoms with Crippen molar-refractivity contribution >= 4 is 17.8 Å². The molecule has 6 heteroatoms. The maximum absolute atomic E-state index is 12.0. The van der Waals surface area contributed by atoms with Crippen LogP contribution in [0.5, 0.6) is 0 Å². The molecule has 0 aliphatic carbocycles. The number of imide groups is 1. The predicted octanol–water partition coefficient (Wildman–Crippen LogP) is 1.08. The van der Waals surface area contributed by atoms with Gasteiger partial charge in [-0.05, 0) is 32.6 Å². The lowest BCUT2D eigenvalue weighted by Gasteiger charge is -2.22. The highest BCUT2D eigenvalue weighted by atomic mass is 16.7. The smallest absolute Gasteiger partial charge is 0.328 e. The lowest BCUT2D eigenvalue weighted by Crippen LogP contribution is -2.42. The minimum atomic E-state index is -0.619. The average molecular weight is 276 g/mol. The fourth-order valence-electron chi connectivity index (χ4n) is 2.14. The molecule has 2 amide bonds. The van der Waals surface area contributed by atoms with E-state index in [1.807, 2.05) is 6.92 Å². The highest BCUT2D eigenvalue weighted by Gasteiger charge is 2.39. The molecule has 1 aromatic rings. The number of hydrogen-bond acceptors (Lipinski definition) is 5. The molecule has 6 nitrogen and oxygen atoms in total. The van der Waals surface area contributed by atoms with Gasteiger partial charge in [0.2, 0.25) is 0 Å². The highest BCUT2D eigenvalue weighted by Crippen LogP contribution is 2.23. The summed E-state index contributed by atoms with van der Waals surface area (Å²) in [6, 6.07) is 5.88. The summed E-state index contributed by atoms with van der Waals surface area (Å²) in [5.74, 6) is -1.83. The summed E-state index contributed by atoms with van der Waals surface area (Å²) in [4.78, 5) is 42.7. The Balaban J connectivity index is 2.19. The molecule has 0 bridgehead atoms. The summed E-state index contributed by atoms with van der Waals surface area (Å²) in [6.07, 6.45) is 0.523. The maximum Gasteiger partial charge on any atom is 0.350 e. The van der Waals surface area contributed by atoms with Crippen LogP contribution in [0.2, 0.25) is 0 Å². The Bertz CT molecular complexity index is 533. The van der Waals surface area contributed by atoms with Gasteiger partial charge >= 0.3 is 5.97 Å². The number of amides is 2. The second kappa shape index (κ2) is 5.42. The van der Waals surface area contributed by atoms with E-state index in [4.69, 9.17) is 4.84 Å². The summed E-state index contributed by atoms with van der Waals surface area (Å²) in [7, 11) is 3.47. The second-order valence-electron chi connectivity index (χ2n) is 4.75. The summed E-state index contributed by atoms with van der Waals surface area (Å²) in [5.41, 5.74) is 0.506. The number of benzene rings is 1. The molecule has 0 radical (unpaired) electrons. The Morgan fingerprint density at radius 1 is 1.20 bits per heavy atom. The van der Waals surface area contributed by atoms with Crippen molar-refractivity contribution < 1.29 is 19.2 Å². The molecule has 0 unspecified atom stereocenters. The Morgan fingerprint density at radius 3 is 2.10 bits per heavy atom. The van der Waals surface area contributed by atoms with E-state index in [2.05, 4.69) is 0 Å². The lowest BCUT2D eigenvalue weighted by atomic mass is 10.1. The second-order valence-corrected chi connectivity index (χ2v) is 4.75. The first-order valence-corrected chi connectivity index (χ1v) is 6.33. The van der Waals surface area contributed by atoms with E-state index >= 15 is 0 Å². The Hall–Kier alpha value is -2.21. The topological polar surface area (TPSA) is 66.9 Å².